The van der Waals surface area contributed by atoms with Crippen molar-refractivity contribution >= 4 is 52.6 Å². The molecule has 0 radical (unpaired) electrons. The number of aromatic nitrogens is 4. The standard InChI is InChI=1S/C48H37ClN4O11/c1-29-51-41(49)36-42(52-29)53(28-50-36)43-40(64-48(58)34-25-15-6-16-26-34)39(63-47(57)33-23-13-5-14-24-33)38(62-46(56)32-21-11-4-12-22-32)37(61-45(55)31-19-9-3-10-20-31)35(60-43)27-59-44(54)30-17-7-2-8-18-30/h2-26,28,35,37-40,43H,27H2,1H3/t35-,37-,38+,39-,40-,43-/m1/s1. The summed E-state index contributed by atoms with van der Waals surface area (Å²) in [6, 6.07) is 39.8. The quantitative estimate of drug-likeness (QED) is 0.0670. The number of aryl methyl sites for hydroxylation is 1. The number of hydrogen-bond donors (Lipinski definition) is 0. The predicted molar refractivity (Wildman–Crippen MR) is 228 cm³/mol. The van der Waals surface area contributed by atoms with Crippen molar-refractivity contribution in [3.05, 3.63) is 197 Å². The Morgan fingerprint density at radius 3 is 1.34 bits per heavy atom. The Kier molecular flexibility index (Phi) is 13.1. The van der Waals surface area contributed by atoms with Crippen LogP contribution in [0.2, 0.25) is 5.15 Å². The summed E-state index contributed by atoms with van der Waals surface area (Å²) in [5, 5.41) is -0.0163. The lowest BCUT2D eigenvalue weighted by molar-refractivity contribution is -0.153. The third kappa shape index (κ3) is 9.65. The maximum atomic E-state index is 14.3. The average molecular weight is 881 g/mol. The third-order valence-electron chi connectivity index (χ3n) is 10.1. The monoisotopic (exact) mass is 880 g/mol. The van der Waals surface area contributed by atoms with Crippen molar-refractivity contribution in [1.29, 1.82) is 0 Å². The lowest BCUT2D eigenvalue weighted by Gasteiger charge is -2.35. The highest BCUT2D eigenvalue weighted by molar-refractivity contribution is 6.33. The molecule has 0 spiro atoms. The van der Waals surface area contributed by atoms with Crippen molar-refractivity contribution in [2.24, 2.45) is 0 Å². The van der Waals surface area contributed by atoms with E-state index in [1.54, 1.807) is 97.9 Å². The van der Waals surface area contributed by atoms with E-state index in [1.807, 2.05) is 0 Å². The minimum atomic E-state index is -1.86. The number of carbonyl (C=O) groups excluding carboxylic acids is 5. The maximum absolute atomic E-state index is 14.3. The van der Waals surface area contributed by atoms with Gasteiger partial charge in [-0.1, -0.05) is 103 Å². The van der Waals surface area contributed by atoms with Crippen molar-refractivity contribution < 1.29 is 52.4 Å². The molecule has 0 unspecified atom stereocenters. The number of fused-ring (bicyclic) bond motifs is 1. The summed E-state index contributed by atoms with van der Waals surface area (Å²) in [5.74, 6) is -4.25. The van der Waals surface area contributed by atoms with Gasteiger partial charge >= 0.3 is 29.8 Å². The van der Waals surface area contributed by atoms with Crippen LogP contribution in [0.1, 0.15) is 63.8 Å². The van der Waals surface area contributed by atoms with Crippen LogP contribution in [0.15, 0.2) is 158 Å². The normalized spacial score (nSPS) is 19.4. The Labute approximate surface area is 370 Å². The molecule has 3 heterocycles. The minimum absolute atomic E-state index is 0.0163. The molecule has 0 saturated carbocycles. The largest absolute Gasteiger partial charge is 0.459 e. The van der Waals surface area contributed by atoms with E-state index in [9.17, 15) is 24.0 Å². The molecule has 1 fully saturated rings. The highest BCUT2D eigenvalue weighted by atomic mass is 35.5. The zero-order chi connectivity index (χ0) is 44.6. The molecule has 5 aromatic carbocycles. The van der Waals surface area contributed by atoms with Gasteiger partial charge in [0.25, 0.3) is 0 Å². The summed E-state index contributed by atoms with van der Waals surface area (Å²) in [6.07, 6.45) is -9.19. The summed E-state index contributed by atoms with van der Waals surface area (Å²) in [5.41, 5.74) is 0.713. The average Bonchev–Trinajstić information content (AvgIpc) is 3.72. The van der Waals surface area contributed by atoms with Crippen LogP contribution in [0.3, 0.4) is 0 Å². The second-order valence-corrected chi connectivity index (χ2v) is 14.7. The molecule has 0 bridgehead atoms. The van der Waals surface area contributed by atoms with Gasteiger partial charge in [0, 0.05) is 0 Å². The van der Waals surface area contributed by atoms with Gasteiger partial charge in [0.05, 0.1) is 34.1 Å². The van der Waals surface area contributed by atoms with Gasteiger partial charge < -0.3 is 28.4 Å². The van der Waals surface area contributed by atoms with Gasteiger partial charge in [-0.3, -0.25) is 4.57 Å². The van der Waals surface area contributed by atoms with Crippen LogP contribution in [-0.4, -0.2) is 86.5 Å². The first-order chi connectivity index (χ1) is 31.1. The number of benzene rings is 5. The SMILES string of the molecule is Cc1nc(Cl)c2ncn([C@@H]3O[C@H](COC(=O)c4ccccc4)[C@@H](OC(=O)c4ccccc4)[C@H](OC(=O)c4ccccc4)[C@@H](OC(=O)c4ccccc4)[C@H]3OC(=O)c3ccccc3)c2n1. The van der Waals surface area contributed by atoms with Crippen LogP contribution in [-0.2, 0) is 28.4 Å². The molecule has 1 aliphatic heterocycles. The third-order valence-corrected chi connectivity index (χ3v) is 10.4. The highest BCUT2D eigenvalue weighted by Crippen LogP contribution is 2.38. The van der Waals surface area contributed by atoms with Gasteiger partial charge in [0.2, 0.25) is 0 Å². The Bertz CT molecular complexity index is 2760. The van der Waals surface area contributed by atoms with E-state index in [2.05, 4.69) is 15.0 Å². The van der Waals surface area contributed by atoms with Crippen LogP contribution >= 0.6 is 11.6 Å². The van der Waals surface area contributed by atoms with Crippen LogP contribution in [0.4, 0.5) is 0 Å². The first-order valence-corrected chi connectivity index (χ1v) is 20.3. The number of hydrogen-bond acceptors (Lipinski definition) is 14. The van der Waals surface area contributed by atoms with Gasteiger partial charge in [-0.25, -0.2) is 38.9 Å². The first kappa shape index (κ1) is 42.9. The topological polar surface area (TPSA) is 184 Å². The van der Waals surface area contributed by atoms with E-state index in [1.165, 1.54) is 71.6 Å². The minimum Gasteiger partial charge on any atom is -0.459 e. The van der Waals surface area contributed by atoms with Crippen molar-refractivity contribution in [2.45, 2.75) is 43.7 Å². The van der Waals surface area contributed by atoms with Gasteiger partial charge in [-0.05, 0) is 67.6 Å². The van der Waals surface area contributed by atoms with Crippen LogP contribution in [0.25, 0.3) is 11.2 Å². The fourth-order valence-corrected chi connectivity index (χ4v) is 7.28. The highest BCUT2D eigenvalue weighted by Gasteiger charge is 2.56. The zero-order valence-electron chi connectivity index (χ0n) is 33.8. The maximum Gasteiger partial charge on any atom is 0.338 e. The van der Waals surface area contributed by atoms with Crippen LogP contribution in [0, 0.1) is 6.92 Å². The number of nitrogens with zero attached hydrogens (tertiary/aromatic N) is 4. The second kappa shape index (κ2) is 19.5. The molecule has 7 aromatic rings. The van der Waals surface area contributed by atoms with Crippen molar-refractivity contribution in [1.82, 2.24) is 19.5 Å². The van der Waals surface area contributed by atoms with E-state index in [-0.39, 0.29) is 50.0 Å². The zero-order valence-corrected chi connectivity index (χ0v) is 34.6. The van der Waals surface area contributed by atoms with Crippen molar-refractivity contribution in [2.75, 3.05) is 6.61 Å². The number of ether oxygens (including phenoxy) is 6. The molecule has 8 rings (SSSR count). The Balaban J connectivity index is 1.35. The molecule has 0 aliphatic carbocycles. The molecule has 1 aliphatic rings. The molecule has 2 aromatic heterocycles. The van der Waals surface area contributed by atoms with Crippen LogP contribution in [0.5, 0.6) is 0 Å². The molecular weight excluding hydrogens is 844 g/mol. The van der Waals surface area contributed by atoms with Crippen LogP contribution < -0.4 is 0 Å². The fraction of sp³-hybridized carbons (Fsp3) is 0.167. The van der Waals surface area contributed by atoms with E-state index >= 15 is 0 Å². The molecule has 15 nitrogen and oxygen atoms in total. The summed E-state index contributed by atoms with van der Waals surface area (Å²) in [4.78, 5) is 84.0. The van der Waals surface area contributed by atoms with E-state index in [0.717, 1.165) is 0 Å². The smallest absolute Gasteiger partial charge is 0.338 e. The lowest BCUT2D eigenvalue weighted by Crippen LogP contribution is -2.54. The summed E-state index contributed by atoms with van der Waals surface area (Å²) in [7, 11) is 0. The van der Waals surface area contributed by atoms with Crippen molar-refractivity contribution in [3.63, 3.8) is 0 Å². The molecule has 64 heavy (non-hydrogen) atoms. The molecule has 0 N–H and O–H groups in total. The fourth-order valence-electron chi connectivity index (χ4n) is 7.03. The second-order valence-electron chi connectivity index (χ2n) is 14.4. The summed E-state index contributed by atoms with van der Waals surface area (Å²) < 4.78 is 39.4. The number of rotatable bonds is 12. The van der Waals surface area contributed by atoms with Gasteiger partial charge in [0.15, 0.2) is 41.4 Å². The lowest BCUT2D eigenvalue weighted by atomic mass is 9.98. The van der Waals surface area contributed by atoms with Crippen molar-refractivity contribution in [3.8, 4) is 0 Å². The predicted octanol–water partition coefficient (Wildman–Crippen LogP) is 7.44. The van der Waals surface area contributed by atoms with Gasteiger partial charge in [-0.2, -0.15) is 0 Å². The number of imidazole rings is 1. The number of halogens is 1. The molecule has 1 saturated heterocycles. The van der Waals surface area contributed by atoms with E-state index in [4.69, 9.17) is 40.0 Å². The number of carbonyl (C=O) groups is 5. The summed E-state index contributed by atoms with van der Waals surface area (Å²) >= 11 is 6.57. The van der Waals surface area contributed by atoms with E-state index in [0.29, 0.717) is 0 Å². The summed E-state index contributed by atoms with van der Waals surface area (Å²) in [6.45, 7) is 0.939. The molecule has 16 heteroatoms. The van der Waals surface area contributed by atoms with E-state index < -0.39 is 73.2 Å². The Morgan fingerprint density at radius 1 is 0.531 bits per heavy atom. The van der Waals surface area contributed by atoms with Gasteiger partial charge in [0.1, 0.15) is 24.1 Å². The Hall–Kier alpha value is -7.75. The number of esters is 5. The molecule has 6 atom stereocenters. The molecule has 322 valence electrons. The first-order valence-electron chi connectivity index (χ1n) is 19.9. The Morgan fingerprint density at radius 2 is 0.906 bits per heavy atom. The molecular formula is C48H37ClN4O11. The molecule has 0 amide bonds. The van der Waals surface area contributed by atoms with Gasteiger partial charge in [-0.15, -0.1) is 0 Å².